The van der Waals surface area contributed by atoms with E-state index in [9.17, 15) is 13.2 Å². The van der Waals surface area contributed by atoms with Crippen molar-refractivity contribution in [3.63, 3.8) is 0 Å². The van der Waals surface area contributed by atoms with E-state index in [1.54, 1.807) is 0 Å². The summed E-state index contributed by atoms with van der Waals surface area (Å²) in [6.45, 7) is 5.90. The van der Waals surface area contributed by atoms with Crippen LogP contribution in [0.25, 0.3) is 0 Å². The van der Waals surface area contributed by atoms with Crippen LogP contribution < -0.4 is 10.0 Å². The number of hydrogen-bond acceptors (Lipinski definition) is 4. The van der Waals surface area contributed by atoms with Gasteiger partial charge in [-0.1, -0.05) is 19.9 Å². The molecule has 0 saturated heterocycles. The fourth-order valence-corrected chi connectivity index (χ4v) is 6.92. The molecule has 7 heteroatoms. The SMILES string of the molecule is CCCN(CC)C1(CS(=O)(=O)NC(=O)Nc2c3c(cc4c2CCC4)CCC3)CC1. The fraction of sp³-hybridized carbons (Fsp3) is 0.682. The Labute approximate surface area is 174 Å². The van der Waals surface area contributed by atoms with Gasteiger partial charge in [0.1, 0.15) is 0 Å². The molecule has 1 saturated carbocycles. The number of carbonyl (C=O) groups excluding carboxylic acids is 1. The lowest BCUT2D eigenvalue weighted by molar-refractivity contribution is 0.203. The summed E-state index contributed by atoms with van der Waals surface area (Å²) in [5.74, 6) is -0.00767. The summed E-state index contributed by atoms with van der Waals surface area (Å²) in [6, 6.07) is 1.68. The van der Waals surface area contributed by atoms with Gasteiger partial charge in [0.25, 0.3) is 0 Å². The minimum Gasteiger partial charge on any atom is -0.307 e. The van der Waals surface area contributed by atoms with Crippen LogP contribution in [0.15, 0.2) is 6.07 Å². The number of carbonyl (C=O) groups is 1. The van der Waals surface area contributed by atoms with Crippen LogP contribution in [0.3, 0.4) is 0 Å². The molecular formula is C22H33N3O3S. The number of nitrogens with zero attached hydrogens (tertiary/aromatic N) is 1. The average Bonchev–Trinajstić information content (AvgIpc) is 3.07. The molecule has 0 unspecified atom stereocenters. The fourth-order valence-electron chi connectivity index (χ4n) is 5.33. The number of fused-ring (bicyclic) bond motifs is 2. The van der Waals surface area contributed by atoms with Crippen molar-refractivity contribution in [2.24, 2.45) is 0 Å². The molecule has 1 aromatic carbocycles. The lowest BCUT2D eigenvalue weighted by atomic mass is 9.99. The van der Waals surface area contributed by atoms with E-state index < -0.39 is 16.1 Å². The Morgan fingerprint density at radius 3 is 2.21 bits per heavy atom. The van der Waals surface area contributed by atoms with E-state index in [1.165, 1.54) is 22.3 Å². The molecule has 6 nitrogen and oxygen atoms in total. The number of aryl methyl sites for hydroxylation is 2. The molecule has 0 bridgehead atoms. The second-order valence-electron chi connectivity index (χ2n) is 8.85. The summed E-state index contributed by atoms with van der Waals surface area (Å²) in [6.07, 6.45) is 8.94. The first-order chi connectivity index (χ1) is 13.9. The monoisotopic (exact) mass is 419 g/mol. The first kappa shape index (κ1) is 20.7. The van der Waals surface area contributed by atoms with Crippen LogP contribution in [-0.2, 0) is 35.7 Å². The Morgan fingerprint density at radius 2 is 1.69 bits per heavy atom. The van der Waals surface area contributed by atoms with Gasteiger partial charge >= 0.3 is 6.03 Å². The van der Waals surface area contributed by atoms with Crippen molar-refractivity contribution < 1.29 is 13.2 Å². The summed E-state index contributed by atoms with van der Waals surface area (Å²) in [5.41, 5.74) is 5.63. The van der Waals surface area contributed by atoms with Gasteiger partial charge in [-0.05, 0) is 93.1 Å². The predicted molar refractivity (Wildman–Crippen MR) is 116 cm³/mol. The summed E-state index contributed by atoms with van der Waals surface area (Å²) >= 11 is 0. The number of nitrogens with one attached hydrogen (secondary N) is 2. The Kier molecular flexibility index (Phi) is 5.64. The highest BCUT2D eigenvalue weighted by Gasteiger charge is 2.50. The number of anilines is 1. The maximum Gasteiger partial charge on any atom is 0.332 e. The highest BCUT2D eigenvalue weighted by molar-refractivity contribution is 7.90. The number of hydrogen-bond donors (Lipinski definition) is 2. The highest BCUT2D eigenvalue weighted by atomic mass is 32.2. The summed E-state index contributed by atoms with van der Waals surface area (Å²) in [7, 11) is -3.70. The number of sulfonamides is 1. The summed E-state index contributed by atoms with van der Waals surface area (Å²) < 4.78 is 27.9. The van der Waals surface area contributed by atoms with Crippen molar-refractivity contribution in [3.8, 4) is 0 Å². The molecule has 3 aliphatic carbocycles. The molecule has 0 spiro atoms. The van der Waals surface area contributed by atoms with E-state index in [2.05, 4.69) is 34.9 Å². The van der Waals surface area contributed by atoms with Crippen LogP contribution in [0, 0.1) is 0 Å². The molecule has 1 fully saturated rings. The molecule has 3 aliphatic rings. The Bertz CT molecular complexity index is 874. The van der Waals surface area contributed by atoms with Gasteiger partial charge in [0.2, 0.25) is 10.0 Å². The first-order valence-electron chi connectivity index (χ1n) is 11.1. The molecule has 0 aliphatic heterocycles. The third-order valence-corrected chi connectivity index (χ3v) is 8.21. The lowest BCUT2D eigenvalue weighted by Crippen LogP contribution is -2.47. The summed E-state index contributed by atoms with van der Waals surface area (Å²) in [4.78, 5) is 14.9. The Hall–Kier alpha value is -1.60. The zero-order chi connectivity index (χ0) is 20.6. The molecule has 0 heterocycles. The normalized spacial score (nSPS) is 19.1. The zero-order valence-corrected chi connectivity index (χ0v) is 18.5. The van der Waals surface area contributed by atoms with Crippen molar-refractivity contribution in [2.75, 3.05) is 24.2 Å². The first-order valence-corrected chi connectivity index (χ1v) is 12.8. The van der Waals surface area contributed by atoms with Gasteiger partial charge < -0.3 is 5.32 Å². The van der Waals surface area contributed by atoms with Crippen molar-refractivity contribution in [1.82, 2.24) is 9.62 Å². The Morgan fingerprint density at radius 1 is 1.07 bits per heavy atom. The molecule has 1 aromatic rings. The highest BCUT2D eigenvalue weighted by Crippen LogP contribution is 2.43. The molecular weight excluding hydrogens is 386 g/mol. The summed E-state index contributed by atoms with van der Waals surface area (Å²) in [5, 5.41) is 2.93. The van der Waals surface area contributed by atoms with Crippen LogP contribution in [0.1, 0.15) is 68.2 Å². The molecule has 2 amide bonds. The van der Waals surface area contributed by atoms with Gasteiger partial charge in [-0.25, -0.2) is 17.9 Å². The zero-order valence-electron chi connectivity index (χ0n) is 17.6. The maximum absolute atomic E-state index is 12.8. The second-order valence-corrected chi connectivity index (χ2v) is 10.6. The number of benzene rings is 1. The van der Waals surface area contributed by atoms with E-state index in [0.29, 0.717) is 0 Å². The van der Waals surface area contributed by atoms with E-state index in [1.807, 2.05) is 0 Å². The van der Waals surface area contributed by atoms with Crippen molar-refractivity contribution in [3.05, 3.63) is 28.3 Å². The van der Waals surface area contributed by atoms with E-state index in [0.717, 1.165) is 76.6 Å². The van der Waals surface area contributed by atoms with Crippen LogP contribution in [0.4, 0.5) is 10.5 Å². The molecule has 0 aromatic heterocycles. The topological polar surface area (TPSA) is 78.5 Å². The Balaban J connectivity index is 1.47. The van der Waals surface area contributed by atoms with Crippen LogP contribution in [0.2, 0.25) is 0 Å². The van der Waals surface area contributed by atoms with Crippen molar-refractivity contribution in [1.29, 1.82) is 0 Å². The second kappa shape index (κ2) is 7.91. The van der Waals surface area contributed by atoms with Crippen LogP contribution >= 0.6 is 0 Å². The minimum atomic E-state index is -3.70. The number of urea groups is 1. The molecule has 4 rings (SSSR count). The maximum atomic E-state index is 12.8. The third-order valence-electron chi connectivity index (χ3n) is 6.79. The number of amides is 2. The van der Waals surface area contributed by atoms with Crippen molar-refractivity contribution in [2.45, 2.75) is 77.2 Å². The molecule has 29 heavy (non-hydrogen) atoms. The smallest absolute Gasteiger partial charge is 0.307 e. The van der Waals surface area contributed by atoms with Gasteiger partial charge in [-0.15, -0.1) is 0 Å². The van der Waals surface area contributed by atoms with Crippen LogP contribution in [0.5, 0.6) is 0 Å². The molecule has 0 atom stereocenters. The van der Waals surface area contributed by atoms with E-state index in [-0.39, 0.29) is 11.3 Å². The van der Waals surface area contributed by atoms with Gasteiger partial charge in [-0.3, -0.25) is 4.90 Å². The lowest BCUT2D eigenvalue weighted by Gasteiger charge is -2.30. The van der Waals surface area contributed by atoms with Gasteiger partial charge in [-0.2, -0.15) is 0 Å². The molecule has 0 radical (unpaired) electrons. The molecule has 2 N–H and O–H groups in total. The van der Waals surface area contributed by atoms with Gasteiger partial charge in [0.05, 0.1) is 5.75 Å². The minimum absolute atomic E-state index is 0.00767. The average molecular weight is 420 g/mol. The van der Waals surface area contributed by atoms with Gasteiger partial charge in [0, 0.05) is 11.2 Å². The number of rotatable bonds is 8. The van der Waals surface area contributed by atoms with Gasteiger partial charge in [0.15, 0.2) is 0 Å². The van der Waals surface area contributed by atoms with E-state index in [4.69, 9.17) is 0 Å². The van der Waals surface area contributed by atoms with Crippen molar-refractivity contribution >= 4 is 21.7 Å². The molecule has 160 valence electrons. The van der Waals surface area contributed by atoms with E-state index >= 15 is 0 Å². The standard InChI is InChI=1S/C22H33N3O3S/c1-3-13-25(4-2)22(11-12-22)15-29(27,28)24-21(26)23-20-18-9-5-7-16(18)14-17-8-6-10-19(17)20/h14H,3-13,15H2,1-2H3,(H2,23,24,26). The van der Waals surface area contributed by atoms with Crippen LogP contribution in [-0.4, -0.2) is 43.7 Å². The third kappa shape index (κ3) is 4.17. The quantitative estimate of drug-likeness (QED) is 0.677. The predicted octanol–water partition coefficient (Wildman–Crippen LogP) is 3.38. The largest absolute Gasteiger partial charge is 0.332 e.